The van der Waals surface area contributed by atoms with Crippen LogP contribution in [0.5, 0.6) is 17.2 Å². The van der Waals surface area contributed by atoms with Crippen molar-refractivity contribution < 1.29 is 27.4 Å². The minimum absolute atomic E-state index is 0.0369. The molecule has 1 amide bonds. The lowest BCUT2D eigenvalue weighted by atomic mass is 10.2. The molecule has 0 bridgehead atoms. The van der Waals surface area contributed by atoms with Crippen LogP contribution >= 0.6 is 0 Å². The summed E-state index contributed by atoms with van der Waals surface area (Å²) in [5, 5.41) is 2.77. The maximum atomic E-state index is 12.8. The fourth-order valence-corrected chi connectivity index (χ4v) is 4.33. The average Bonchev–Trinajstić information content (AvgIpc) is 2.81. The van der Waals surface area contributed by atoms with Gasteiger partial charge in [-0.25, -0.2) is 8.42 Å². The van der Waals surface area contributed by atoms with Crippen LogP contribution in [-0.4, -0.2) is 40.7 Å². The third-order valence-corrected chi connectivity index (χ3v) is 6.23. The number of fused-ring (bicyclic) bond motifs is 1. The number of amides is 1. The molecule has 0 aromatic heterocycles. The summed E-state index contributed by atoms with van der Waals surface area (Å²) in [6, 6.07) is 18.3. The number of aryl methyl sites for hydroxylation is 1. The van der Waals surface area contributed by atoms with Crippen LogP contribution in [-0.2, 0) is 10.0 Å². The van der Waals surface area contributed by atoms with Crippen LogP contribution in [0.3, 0.4) is 0 Å². The Morgan fingerprint density at radius 2 is 1.76 bits per heavy atom. The number of hydrogen-bond acceptors (Lipinski definition) is 6. The van der Waals surface area contributed by atoms with E-state index in [0.717, 1.165) is 11.3 Å². The van der Waals surface area contributed by atoms with E-state index in [2.05, 4.69) is 10.0 Å². The van der Waals surface area contributed by atoms with Crippen molar-refractivity contribution in [3.8, 4) is 17.2 Å². The normalized spacial score (nSPS) is 12.6. The number of benzene rings is 3. The number of anilines is 1. The van der Waals surface area contributed by atoms with Gasteiger partial charge in [-0.05, 0) is 55.0 Å². The number of sulfonamides is 1. The molecule has 0 radical (unpaired) electrons. The van der Waals surface area contributed by atoms with Gasteiger partial charge in [0.25, 0.3) is 15.9 Å². The van der Waals surface area contributed by atoms with Gasteiger partial charge in [0.15, 0.2) is 11.5 Å². The van der Waals surface area contributed by atoms with Crippen molar-refractivity contribution in [1.82, 2.24) is 5.32 Å². The largest absolute Gasteiger partial charge is 0.492 e. The molecule has 0 atom stereocenters. The van der Waals surface area contributed by atoms with Crippen molar-refractivity contribution in [2.75, 3.05) is 31.1 Å². The highest BCUT2D eigenvalue weighted by Gasteiger charge is 2.20. The Morgan fingerprint density at radius 3 is 2.58 bits per heavy atom. The molecule has 3 aromatic rings. The molecule has 0 fully saturated rings. The quantitative estimate of drug-likeness (QED) is 0.492. The zero-order chi connectivity index (χ0) is 23.3. The van der Waals surface area contributed by atoms with Gasteiger partial charge in [-0.1, -0.05) is 18.2 Å². The third-order valence-electron chi connectivity index (χ3n) is 4.85. The molecule has 1 aliphatic heterocycles. The molecule has 1 heterocycles. The Bertz CT molecular complexity index is 1260. The van der Waals surface area contributed by atoms with Crippen molar-refractivity contribution in [3.63, 3.8) is 0 Å². The summed E-state index contributed by atoms with van der Waals surface area (Å²) in [6.07, 6.45) is 0. The number of nitrogens with one attached hydrogen (secondary N) is 2. The molecule has 0 spiro atoms. The second kappa shape index (κ2) is 9.83. The molecule has 0 aliphatic carbocycles. The van der Waals surface area contributed by atoms with Gasteiger partial charge in [-0.2, -0.15) is 0 Å². The molecule has 1 aliphatic rings. The Balaban J connectivity index is 1.36. The van der Waals surface area contributed by atoms with Crippen LogP contribution in [0.2, 0.25) is 0 Å². The van der Waals surface area contributed by atoms with Gasteiger partial charge in [0.2, 0.25) is 0 Å². The molecule has 172 valence electrons. The fourth-order valence-electron chi connectivity index (χ4n) is 3.27. The Hall–Kier alpha value is -3.72. The first-order valence-electron chi connectivity index (χ1n) is 10.4. The summed E-state index contributed by atoms with van der Waals surface area (Å²) in [5.74, 6) is 1.29. The van der Waals surface area contributed by atoms with Gasteiger partial charge in [0.1, 0.15) is 25.6 Å². The standard InChI is InChI=1S/C24H24N2O6S/c1-17-4-2-7-20(14-17)30-11-10-25-24(27)18-5-3-6-19(15-18)26-33(28,29)21-8-9-22-23(16-21)32-13-12-31-22/h2-9,14-16,26H,10-13H2,1H3,(H,25,27). The van der Waals surface area contributed by atoms with E-state index < -0.39 is 10.0 Å². The lowest BCUT2D eigenvalue weighted by Crippen LogP contribution is -2.28. The van der Waals surface area contributed by atoms with Crippen molar-refractivity contribution in [2.45, 2.75) is 11.8 Å². The molecule has 3 aromatic carbocycles. The van der Waals surface area contributed by atoms with Crippen molar-refractivity contribution in [2.24, 2.45) is 0 Å². The maximum absolute atomic E-state index is 12.8. The minimum Gasteiger partial charge on any atom is -0.492 e. The summed E-state index contributed by atoms with van der Waals surface area (Å²) < 4.78 is 44.6. The van der Waals surface area contributed by atoms with Gasteiger partial charge >= 0.3 is 0 Å². The maximum Gasteiger partial charge on any atom is 0.262 e. The highest BCUT2D eigenvalue weighted by molar-refractivity contribution is 7.92. The highest BCUT2D eigenvalue weighted by Crippen LogP contribution is 2.32. The number of carbonyl (C=O) groups is 1. The molecule has 8 nitrogen and oxygen atoms in total. The zero-order valence-electron chi connectivity index (χ0n) is 18.0. The van der Waals surface area contributed by atoms with Crippen molar-refractivity contribution >= 4 is 21.6 Å². The molecule has 4 rings (SSSR count). The van der Waals surface area contributed by atoms with Crippen molar-refractivity contribution in [3.05, 3.63) is 77.9 Å². The SMILES string of the molecule is Cc1cccc(OCCNC(=O)c2cccc(NS(=O)(=O)c3ccc4c(c3)OCCO4)c2)c1. The number of carbonyl (C=O) groups excluding carboxylic acids is 1. The van der Waals surface area contributed by atoms with Gasteiger partial charge in [0.05, 0.1) is 11.4 Å². The summed E-state index contributed by atoms with van der Waals surface area (Å²) in [4.78, 5) is 12.5. The van der Waals surface area contributed by atoms with E-state index in [1.165, 1.54) is 18.2 Å². The summed E-state index contributed by atoms with van der Waals surface area (Å²) >= 11 is 0. The summed E-state index contributed by atoms with van der Waals surface area (Å²) in [5.41, 5.74) is 1.69. The zero-order valence-corrected chi connectivity index (χ0v) is 18.9. The molecule has 9 heteroatoms. The third kappa shape index (κ3) is 5.75. The predicted octanol–water partition coefficient (Wildman–Crippen LogP) is 3.38. The van der Waals surface area contributed by atoms with Gasteiger partial charge in [-0.15, -0.1) is 0 Å². The lowest BCUT2D eigenvalue weighted by molar-refractivity contribution is 0.0947. The van der Waals surface area contributed by atoms with Gasteiger partial charge in [0, 0.05) is 17.3 Å². The van der Waals surface area contributed by atoms with E-state index in [-0.39, 0.29) is 16.5 Å². The second-order valence-electron chi connectivity index (χ2n) is 7.41. The van der Waals surface area contributed by atoms with Crippen LogP contribution in [0.4, 0.5) is 5.69 Å². The molecular weight excluding hydrogens is 444 g/mol. The van der Waals surface area contributed by atoms with Crippen LogP contribution in [0.15, 0.2) is 71.6 Å². The first kappa shape index (κ1) is 22.5. The molecule has 0 unspecified atom stereocenters. The number of ether oxygens (including phenoxy) is 3. The van der Waals surface area contributed by atoms with Crippen LogP contribution < -0.4 is 24.2 Å². The van der Waals surface area contributed by atoms with E-state index in [1.807, 2.05) is 31.2 Å². The topological polar surface area (TPSA) is 103 Å². The van der Waals surface area contributed by atoms with Gasteiger partial charge < -0.3 is 19.5 Å². The average molecular weight is 469 g/mol. The monoisotopic (exact) mass is 468 g/mol. The van der Waals surface area contributed by atoms with E-state index in [4.69, 9.17) is 14.2 Å². The van der Waals surface area contributed by atoms with E-state index in [0.29, 0.717) is 43.4 Å². The van der Waals surface area contributed by atoms with E-state index in [9.17, 15) is 13.2 Å². The number of rotatable bonds is 8. The van der Waals surface area contributed by atoms with Crippen molar-refractivity contribution in [1.29, 1.82) is 0 Å². The molecule has 0 saturated heterocycles. The first-order chi connectivity index (χ1) is 15.9. The van der Waals surface area contributed by atoms with Crippen LogP contribution in [0, 0.1) is 6.92 Å². The van der Waals surface area contributed by atoms with E-state index >= 15 is 0 Å². The van der Waals surface area contributed by atoms with E-state index in [1.54, 1.807) is 24.3 Å². The fraction of sp³-hybridized carbons (Fsp3) is 0.208. The number of hydrogen-bond donors (Lipinski definition) is 2. The predicted molar refractivity (Wildman–Crippen MR) is 124 cm³/mol. The smallest absolute Gasteiger partial charge is 0.262 e. The lowest BCUT2D eigenvalue weighted by Gasteiger charge is -2.19. The summed E-state index contributed by atoms with van der Waals surface area (Å²) in [7, 11) is -3.88. The van der Waals surface area contributed by atoms with Crippen LogP contribution in [0.1, 0.15) is 15.9 Å². The Kier molecular flexibility index (Phi) is 6.69. The Labute approximate surface area is 192 Å². The second-order valence-corrected chi connectivity index (χ2v) is 9.10. The molecule has 2 N–H and O–H groups in total. The molecule has 33 heavy (non-hydrogen) atoms. The van der Waals surface area contributed by atoms with Crippen LogP contribution in [0.25, 0.3) is 0 Å². The molecule has 0 saturated carbocycles. The summed E-state index contributed by atoms with van der Waals surface area (Å²) in [6.45, 7) is 3.37. The first-order valence-corrected chi connectivity index (χ1v) is 11.9. The highest BCUT2D eigenvalue weighted by atomic mass is 32.2. The minimum atomic E-state index is -3.88. The molecular formula is C24H24N2O6S. The Morgan fingerprint density at radius 1 is 0.970 bits per heavy atom. The van der Waals surface area contributed by atoms with Gasteiger partial charge in [-0.3, -0.25) is 9.52 Å².